The molecule has 2 aromatic heterocycles. The van der Waals surface area contributed by atoms with E-state index in [1.807, 2.05) is 4.98 Å². The van der Waals surface area contributed by atoms with Gasteiger partial charge in [-0.15, -0.1) is 0 Å². The Balaban J connectivity index is 1.42. The molecule has 11 nitrogen and oxygen atoms in total. The Morgan fingerprint density at radius 1 is 1.29 bits per heavy atom. The molecule has 0 unspecified atom stereocenters. The number of phenols is 1. The lowest BCUT2D eigenvalue weighted by molar-refractivity contribution is -0.153. The van der Waals surface area contributed by atoms with Gasteiger partial charge in [-0.2, -0.15) is 4.39 Å². The molecule has 4 N–H and O–H groups in total. The molecular formula is C23H24FN3O8. The van der Waals surface area contributed by atoms with Gasteiger partial charge in [-0.3, -0.25) is 19.1 Å². The SMILES string of the molecule is N[C@@H](Cc1ccc(O)cc1)C(=O)OC[C@H]1O[C@@H](n2cc(F)c(=O)[nH]c2=O)C[C@@H]1OCc1ccco1. The van der Waals surface area contributed by atoms with Crippen molar-refractivity contribution >= 4 is 5.97 Å². The lowest BCUT2D eigenvalue weighted by atomic mass is 10.1. The van der Waals surface area contributed by atoms with E-state index < -0.39 is 47.5 Å². The number of phenolic OH excluding ortho intramolecular Hbond substituents is 1. The summed E-state index contributed by atoms with van der Waals surface area (Å²) in [5, 5.41) is 9.37. The van der Waals surface area contributed by atoms with Crippen molar-refractivity contribution in [2.45, 2.75) is 43.9 Å². The van der Waals surface area contributed by atoms with Crippen molar-refractivity contribution in [2.24, 2.45) is 5.73 Å². The van der Waals surface area contributed by atoms with Crippen molar-refractivity contribution in [3.8, 4) is 5.75 Å². The van der Waals surface area contributed by atoms with Gasteiger partial charge in [0.1, 0.15) is 43.1 Å². The molecule has 35 heavy (non-hydrogen) atoms. The lowest BCUT2D eigenvalue weighted by Crippen LogP contribution is -2.38. The quantitative estimate of drug-likeness (QED) is 0.372. The van der Waals surface area contributed by atoms with Crippen LogP contribution in [-0.4, -0.2) is 45.5 Å². The van der Waals surface area contributed by atoms with Crippen LogP contribution in [-0.2, 0) is 32.0 Å². The highest BCUT2D eigenvalue weighted by Crippen LogP contribution is 2.31. The number of furan rings is 1. The summed E-state index contributed by atoms with van der Waals surface area (Å²) in [6.45, 7) is -0.143. The van der Waals surface area contributed by atoms with Gasteiger partial charge in [0, 0.05) is 6.42 Å². The second-order valence-electron chi connectivity index (χ2n) is 8.04. The van der Waals surface area contributed by atoms with E-state index in [0.717, 1.165) is 16.3 Å². The maximum Gasteiger partial charge on any atom is 0.330 e. The minimum Gasteiger partial charge on any atom is -0.508 e. The molecule has 0 saturated carbocycles. The van der Waals surface area contributed by atoms with E-state index in [0.29, 0.717) is 5.76 Å². The third kappa shape index (κ3) is 6.04. The zero-order valence-corrected chi connectivity index (χ0v) is 18.5. The van der Waals surface area contributed by atoms with Crippen molar-refractivity contribution in [3.63, 3.8) is 0 Å². The number of rotatable bonds is 9. The normalized spacial score (nSPS) is 20.6. The van der Waals surface area contributed by atoms with Gasteiger partial charge in [0.05, 0.1) is 18.6 Å². The fourth-order valence-electron chi connectivity index (χ4n) is 3.70. The molecule has 4 rings (SSSR count). The van der Waals surface area contributed by atoms with Gasteiger partial charge in [0.15, 0.2) is 0 Å². The number of carbonyl (C=O) groups excluding carboxylic acids is 1. The molecule has 0 spiro atoms. The van der Waals surface area contributed by atoms with Crippen LogP contribution in [0.2, 0.25) is 0 Å². The van der Waals surface area contributed by atoms with E-state index in [1.165, 1.54) is 18.4 Å². The van der Waals surface area contributed by atoms with Crippen LogP contribution in [0.3, 0.4) is 0 Å². The standard InChI is InChI=1S/C23H24FN3O8/c24-16-10-27(23(31)26-21(16)29)20-9-18(33-11-15-2-1-7-32-15)19(35-20)12-34-22(30)17(25)8-13-3-5-14(28)6-4-13/h1-7,10,17-20,28H,8-9,11-12,25H2,(H,26,29,31)/t17-,18-,19+,20+/m0/s1. The van der Waals surface area contributed by atoms with Gasteiger partial charge >= 0.3 is 11.7 Å². The van der Waals surface area contributed by atoms with E-state index in [1.54, 1.807) is 24.3 Å². The number of aromatic hydroxyl groups is 1. The molecule has 0 radical (unpaired) electrons. The number of hydrogen-bond donors (Lipinski definition) is 3. The zero-order chi connectivity index (χ0) is 24.9. The fourth-order valence-corrected chi connectivity index (χ4v) is 3.70. The van der Waals surface area contributed by atoms with Crippen molar-refractivity contribution in [3.05, 3.63) is 86.8 Å². The number of esters is 1. The predicted molar refractivity (Wildman–Crippen MR) is 118 cm³/mol. The van der Waals surface area contributed by atoms with Crippen LogP contribution in [0, 0.1) is 5.82 Å². The molecule has 1 aromatic carbocycles. The van der Waals surface area contributed by atoms with Gasteiger partial charge in [0.2, 0.25) is 5.82 Å². The molecule has 1 aliphatic rings. The molecule has 3 heterocycles. The first-order chi connectivity index (χ1) is 16.8. The molecule has 4 atom stereocenters. The largest absolute Gasteiger partial charge is 0.508 e. The first kappa shape index (κ1) is 24.4. The number of halogens is 1. The number of nitrogens with zero attached hydrogens (tertiary/aromatic N) is 1. The first-order valence-corrected chi connectivity index (χ1v) is 10.8. The Labute approximate surface area is 197 Å². The Morgan fingerprint density at radius 2 is 2.06 bits per heavy atom. The number of ether oxygens (including phenoxy) is 3. The molecular weight excluding hydrogens is 465 g/mol. The first-order valence-electron chi connectivity index (χ1n) is 10.8. The van der Waals surface area contributed by atoms with Crippen LogP contribution in [0.4, 0.5) is 4.39 Å². The van der Waals surface area contributed by atoms with E-state index >= 15 is 0 Å². The van der Waals surface area contributed by atoms with E-state index in [-0.39, 0.29) is 31.8 Å². The van der Waals surface area contributed by atoms with Gasteiger partial charge in [-0.05, 0) is 36.2 Å². The maximum atomic E-state index is 13.8. The summed E-state index contributed by atoms with van der Waals surface area (Å²) in [5.41, 5.74) is 4.71. The van der Waals surface area contributed by atoms with Crippen LogP contribution >= 0.6 is 0 Å². The van der Waals surface area contributed by atoms with Gasteiger partial charge in [-0.25, -0.2) is 4.79 Å². The van der Waals surface area contributed by atoms with Crippen LogP contribution < -0.4 is 17.0 Å². The Morgan fingerprint density at radius 3 is 2.77 bits per heavy atom. The molecule has 1 fully saturated rings. The second-order valence-corrected chi connectivity index (χ2v) is 8.04. The van der Waals surface area contributed by atoms with Crippen molar-refractivity contribution in [2.75, 3.05) is 6.61 Å². The molecule has 0 amide bonds. The number of aromatic nitrogens is 2. The molecule has 0 aliphatic carbocycles. The van der Waals surface area contributed by atoms with Crippen LogP contribution in [0.15, 0.2) is 62.9 Å². The van der Waals surface area contributed by atoms with E-state index in [2.05, 4.69) is 0 Å². The minimum atomic E-state index is -1.14. The minimum absolute atomic E-state index is 0.0907. The third-order valence-corrected chi connectivity index (χ3v) is 5.52. The number of H-pyrrole nitrogens is 1. The lowest BCUT2D eigenvalue weighted by Gasteiger charge is -2.20. The number of aromatic amines is 1. The predicted octanol–water partition coefficient (Wildman–Crippen LogP) is 0.960. The van der Waals surface area contributed by atoms with Gasteiger partial charge in [0.25, 0.3) is 5.56 Å². The zero-order valence-electron chi connectivity index (χ0n) is 18.5. The number of carbonyl (C=O) groups is 1. The summed E-state index contributed by atoms with van der Waals surface area (Å²) in [4.78, 5) is 37.9. The molecule has 0 bridgehead atoms. The molecule has 1 aliphatic heterocycles. The third-order valence-electron chi connectivity index (χ3n) is 5.52. The number of hydrogen-bond acceptors (Lipinski definition) is 9. The smallest absolute Gasteiger partial charge is 0.330 e. The summed E-state index contributed by atoms with van der Waals surface area (Å²) in [6, 6.07) is 8.72. The highest BCUT2D eigenvalue weighted by molar-refractivity contribution is 5.75. The molecule has 3 aromatic rings. The maximum absolute atomic E-state index is 13.8. The Hall–Kier alpha value is -3.74. The topological polar surface area (TPSA) is 159 Å². The summed E-state index contributed by atoms with van der Waals surface area (Å²) < 4.78 is 37.0. The van der Waals surface area contributed by atoms with E-state index in [4.69, 9.17) is 24.4 Å². The fraction of sp³-hybridized carbons (Fsp3) is 0.348. The van der Waals surface area contributed by atoms with Gasteiger partial charge < -0.3 is 29.5 Å². The summed E-state index contributed by atoms with van der Waals surface area (Å²) in [7, 11) is 0. The molecule has 186 valence electrons. The molecule has 1 saturated heterocycles. The average Bonchev–Trinajstić information content (AvgIpc) is 3.49. The monoisotopic (exact) mass is 489 g/mol. The highest BCUT2D eigenvalue weighted by Gasteiger charge is 2.39. The van der Waals surface area contributed by atoms with Crippen molar-refractivity contribution in [1.29, 1.82) is 0 Å². The highest BCUT2D eigenvalue weighted by atomic mass is 19.1. The van der Waals surface area contributed by atoms with Crippen LogP contribution in [0.25, 0.3) is 0 Å². The van der Waals surface area contributed by atoms with Crippen LogP contribution in [0.5, 0.6) is 5.75 Å². The van der Waals surface area contributed by atoms with E-state index in [9.17, 15) is 23.9 Å². The second kappa shape index (κ2) is 10.7. The van der Waals surface area contributed by atoms with Crippen molar-refractivity contribution < 1.29 is 32.9 Å². The Kier molecular flexibility index (Phi) is 7.44. The van der Waals surface area contributed by atoms with Gasteiger partial charge in [-0.1, -0.05) is 12.1 Å². The van der Waals surface area contributed by atoms with Crippen molar-refractivity contribution in [1.82, 2.24) is 9.55 Å². The molecule has 12 heteroatoms. The summed E-state index contributed by atoms with van der Waals surface area (Å²) in [5.74, 6) is -1.18. The number of benzene rings is 1. The summed E-state index contributed by atoms with van der Waals surface area (Å²) in [6.07, 6.45) is 0.146. The number of nitrogens with two attached hydrogens (primary N) is 1. The average molecular weight is 489 g/mol. The van der Waals surface area contributed by atoms with Crippen LogP contribution in [0.1, 0.15) is 24.0 Å². The number of nitrogens with one attached hydrogen (secondary N) is 1. The summed E-state index contributed by atoms with van der Waals surface area (Å²) >= 11 is 0. The Bertz CT molecular complexity index is 1260.